The van der Waals surface area contributed by atoms with E-state index in [1.54, 1.807) is 0 Å². The lowest BCUT2D eigenvalue weighted by molar-refractivity contribution is 1.64. The molecule has 0 spiro atoms. The average molecular weight is 927 g/mol. The molecule has 3 heteroatoms. The summed E-state index contributed by atoms with van der Waals surface area (Å²) in [6, 6.07) is 89.4. The Labute approximate surface area is 408 Å². The van der Waals surface area contributed by atoms with Crippen LogP contribution in [0, 0.1) is 0 Å². The van der Waals surface area contributed by atoms with Gasteiger partial charge in [-0.15, -0.1) is 0 Å². The summed E-state index contributed by atoms with van der Waals surface area (Å²) in [7, 11) is -6.79. The van der Waals surface area contributed by atoms with Crippen LogP contribution in [0.15, 0.2) is 231 Å². The largest absolute Gasteiger partial charge is 0.181 e. The van der Waals surface area contributed by atoms with E-state index in [-0.39, 0.29) is 0 Å². The van der Waals surface area contributed by atoms with E-state index >= 15 is 0 Å². The van der Waals surface area contributed by atoms with E-state index in [2.05, 4.69) is 257 Å². The van der Waals surface area contributed by atoms with Gasteiger partial charge in [0.05, 0.1) is 0 Å². The first-order valence-electron chi connectivity index (χ1n) is 24.6. The smallest absolute Gasteiger partial charge is 0.0623 e. The molecule has 0 saturated heterocycles. The lowest BCUT2D eigenvalue weighted by atomic mass is 9.84. The summed E-state index contributed by atoms with van der Waals surface area (Å²) in [6.45, 7) is 10.1. The summed E-state index contributed by atoms with van der Waals surface area (Å²) < 4.78 is 0. The van der Waals surface area contributed by atoms with Crippen molar-refractivity contribution in [1.29, 1.82) is 0 Å². The molecule has 0 bridgehead atoms. The lowest BCUT2D eigenvalue weighted by Gasteiger charge is -2.33. The monoisotopic (exact) mass is 926 g/mol. The molecule has 0 aliphatic carbocycles. The first kappa shape index (κ1) is 40.6. The molecule has 0 amide bonds. The molecule has 3 aliphatic heterocycles. The van der Waals surface area contributed by atoms with E-state index in [1.165, 1.54) is 130 Å². The normalized spacial score (nSPS) is 15.0. The van der Waals surface area contributed by atoms with Gasteiger partial charge in [0.1, 0.15) is 16.1 Å². The van der Waals surface area contributed by atoms with Crippen molar-refractivity contribution in [3.05, 3.63) is 231 Å². The molecule has 0 atom stereocenters. The Bertz CT molecular complexity index is 3750. The summed E-state index contributed by atoms with van der Waals surface area (Å²) in [4.78, 5) is 0. The van der Waals surface area contributed by atoms with E-state index in [0.29, 0.717) is 0 Å². The molecule has 0 saturated carbocycles. The summed E-state index contributed by atoms with van der Waals surface area (Å²) in [6.07, 6.45) is 0. The van der Waals surface area contributed by atoms with E-state index in [4.69, 9.17) is 0 Å². The Balaban J connectivity index is 1.16. The highest BCUT2D eigenvalue weighted by Crippen LogP contribution is 2.48. The van der Waals surface area contributed by atoms with Gasteiger partial charge in [0.15, 0.2) is 8.07 Å². The first-order valence-corrected chi connectivity index (χ1v) is 32.6. The summed E-state index contributed by atoms with van der Waals surface area (Å²) in [5.41, 5.74) is 16.3. The number of benzene rings is 11. The molecule has 326 valence electrons. The summed E-state index contributed by atoms with van der Waals surface area (Å²) in [5, 5.41) is 17.1. The van der Waals surface area contributed by atoms with Crippen LogP contribution in [0.3, 0.4) is 0 Å². The lowest BCUT2D eigenvalue weighted by Crippen LogP contribution is -2.73. The van der Waals surface area contributed by atoms with Crippen molar-refractivity contribution in [3.8, 4) is 66.8 Å². The van der Waals surface area contributed by atoms with E-state index in [1.807, 2.05) is 0 Å². The van der Waals surface area contributed by atoms with Crippen molar-refractivity contribution in [1.82, 2.24) is 0 Å². The van der Waals surface area contributed by atoms with Crippen LogP contribution < -0.4 is 41.5 Å². The molecular formula is C66H50Si3. The van der Waals surface area contributed by atoms with Crippen molar-refractivity contribution in [3.63, 3.8) is 0 Å². The highest BCUT2D eigenvalue weighted by atomic mass is 28.3. The molecule has 0 radical (unpaired) electrons. The van der Waals surface area contributed by atoms with Gasteiger partial charge < -0.3 is 0 Å². The van der Waals surface area contributed by atoms with Crippen LogP contribution in [0.2, 0.25) is 26.2 Å². The third kappa shape index (κ3) is 5.44. The zero-order valence-electron chi connectivity index (χ0n) is 39.4. The second-order valence-electron chi connectivity index (χ2n) is 20.6. The molecule has 0 unspecified atom stereocenters. The highest BCUT2D eigenvalue weighted by Gasteiger charge is 2.50. The average Bonchev–Trinajstić information content (AvgIpc) is 3.93. The summed E-state index contributed by atoms with van der Waals surface area (Å²) in [5.74, 6) is 0. The fourth-order valence-corrected chi connectivity index (χ4v) is 25.2. The standard InChI is InChI=1S/C66H50Si3/c1-67(2)58-37-14-12-27-53(58)64-48(33-20-40-61(64)67)45-29-17-31-50-56(45)42-57-46(49-34-21-41-62-65(49)54-28-13-15-38-59(54)68(62,3)4)30-18-32-51(57)63(50)55-36-19-35-52-47-26-11-16-39-60(47)69(66(52)55,43-22-7-5-8-23-43)44-24-9-6-10-25-44/h5-42H,1-4H3. The Morgan fingerprint density at radius 3 is 1.12 bits per heavy atom. The molecule has 0 nitrogen and oxygen atoms in total. The predicted molar refractivity (Wildman–Crippen MR) is 305 cm³/mol. The van der Waals surface area contributed by atoms with Gasteiger partial charge in [-0.25, -0.2) is 0 Å². The van der Waals surface area contributed by atoms with E-state index in [9.17, 15) is 0 Å². The van der Waals surface area contributed by atoms with Crippen molar-refractivity contribution < 1.29 is 0 Å². The van der Waals surface area contributed by atoms with Crippen LogP contribution in [0.25, 0.3) is 88.3 Å². The van der Waals surface area contributed by atoms with Crippen LogP contribution in [0.1, 0.15) is 0 Å². The Morgan fingerprint density at radius 2 is 0.594 bits per heavy atom. The minimum atomic E-state index is -2.91. The fourth-order valence-electron chi connectivity index (χ4n) is 13.6. The van der Waals surface area contributed by atoms with E-state index in [0.717, 1.165) is 0 Å². The van der Waals surface area contributed by atoms with Crippen LogP contribution in [0.4, 0.5) is 0 Å². The maximum Gasteiger partial charge on any atom is 0.181 e. The van der Waals surface area contributed by atoms with Crippen LogP contribution in [-0.4, -0.2) is 24.2 Å². The minimum absolute atomic E-state index is 1.29. The second kappa shape index (κ2) is 14.8. The highest BCUT2D eigenvalue weighted by molar-refractivity contribution is 7.22. The molecule has 3 aliphatic rings. The molecule has 0 fully saturated rings. The van der Waals surface area contributed by atoms with Gasteiger partial charge in [-0.3, -0.25) is 0 Å². The van der Waals surface area contributed by atoms with Crippen LogP contribution >= 0.6 is 0 Å². The fraction of sp³-hybridized carbons (Fsp3) is 0.0606. The maximum absolute atomic E-state index is 2.91. The minimum Gasteiger partial charge on any atom is -0.0623 e. The van der Waals surface area contributed by atoms with Crippen molar-refractivity contribution in [2.45, 2.75) is 26.2 Å². The third-order valence-electron chi connectivity index (χ3n) is 16.6. The molecule has 11 aromatic rings. The third-order valence-corrected chi connectivity index (χ3v) is 28.6. The SMILES string of the molecule is C[Si]1(C)c2ccccc2-c2c(-c3cccc4c(-c5cccc6c5[Si](c5ccccc5)(c5ccccc5)c5ccccc5-6)c5cccc(-c6cccc7c6-c6ccccc6[Si]7(C)C)c5cc34)cccc21. The molecule has 0 N–H and O–H groups in total. The van der Waals surface area contributed by atoms with Crippen molar-refractivity contribution in [2.75, 3.05) is 0 Å². The Morgan fingerprint density at radius 1 is 0.232 bits per heavy atom. The topological polar surface area (TPSA) is 0 Å². The molecular weight excluding hydrogens is 877 g/mol. The number of hydrogen-bond donors (Lipinski definition) is 0. The van der Waals surface area contributed by atoms with Crippen molar-refractivity contribution in [2.24, 2.45) is 0 Å². The first-order chi connectivity index (χ1) is 33.8. The quantitative estimate of drug-likeness (QED) is 0.119. The molecule has 3 heterocycles. The van der Waals surface area contributed by atoms with Gasteiger partial charge in [0, 0.05) is 0 Å². The second-order valence-corrected chi connectivity index (χ2v) is 33.0. The number of fused-ring (bicyclic) bond motifs is 11. The van der Waals surface area contributed by atoms with E-state index < -0.39 is 24.2 Å². The Kier molecular flexibility index (Phi) is 8.71. The zero-order valence-corrected chi connectivity index (χ0v) is 42.4. The van der Waals surface area contributed by atoms with Gasteiger partial charge in [-0.2, -0.15) is 0 Å². The van der Waals surface area contributed by atoms with Gasteiger partial charge in [-0.1, -0.05) is 251 Å². The predicted octanol–water partition coefficient (Wildman–Crippen LogP) is 12.0. The number of rotatable bonds is 5. The van der Waals surface area contributed by atoms with Crippen molar-refractivity contribution >= 4 is 87.3 Å². The van der Waals surface area contributed by atoms with Crippen LogP contribution in [-0.2, 0) is 0 Å². The maximum atomic E-state index is 2.58. The Hall–Kier alpha value is -7.41. The molecule has 0 aromatic heterocycles. The molecule has 69 heavy (non-hydrogen) atoms. The van der Waals surface area contributed by atoms with Gasteiger partial charge in [-0.05, 0) is 136 Å². The molecule has 11 aromatic carbocycles. The molecule has 14 rings (SSSR count). The van der Waals surface area contributed by atoms with Gasteiger partial charge in [0.25, 0.3) is 0 Å². The van der Waals surface area contributed by atoms with Gasteiger partial charge in [0.2, 0.25) is 0 Å². The number of hydrogen-bond acceptors (Lipinski definition) is 0. The van der Waals surface area contributed by atoms with Crippen LogP contribution in [0.5, 0.6) is 0 Å². The zero-order chi connectivity index (χ0) is 46.2. The summed E-state index contributed by atoms with van der Waals surface area (Å²) >= 11 is 0. The van der Waals surface area contributed by atoms with Gasteiger partial charge >= 0.3 is 0 Å².